The Morgan fingerprint density at radius 3 is 2.78 bits per heavy atom. The van der Waals surface area contributed by atoms with E-state index < -0.39 is 6.04 Å². The Bertz CT molecular complexity index is 640. The van der Waals surface area contributed by atoms with Crippen molar-refractivity contribution in [2.24, 2.45) is 0 Å². The van der Waals surface area contributed by atoms with Crippen LogP contribution in [-0.2, 0) is 9.59 Å². The lowest BCUT2D eigenvalue weighted by Gasteiger charge is -2.23. The second kappa shape index (κ2) is 7.68. The number of rotatable bonds is 4. The van der Waals surface area contributed by atoms with Crippen LogP contribution >= 0.6 is 11.8 Å². The van der Waals surface area contributed by atoms with Gasteiger partial charge in [-0.3, -0.25) is 9.59 Å². The summed E-state index contributed by atoms with van der Waals surface area (Å²) in [4.78, 5) is 26.8. The summed E-state index contributed by atoms with van der Waals surface area (Å²) in [5.41, 5.74) is 3.71. The van der Waals surface area contributed by atoms with Gasteiger partial charge >= 0.3 is 0 Å². The van der Waals surface area contributed by atoms with Crippen LogP contribution in [0.2, 0.25) is 0 Å². The molecule has 1 aromatic rings. The molecule has 4 nitrogen and oxygen atoms in total. The predicted molar refractivity (Wildman–Crippen MR) is 96.6 cm³/mol. The molecule has 0 radical (unpaired) electrons. The highest BCUT2D eigenvalue weighted by atomic mass is 32.2. The van der Waals surface area contributed by atoms with E-state index in [1.807, 2.05) is 52.0 Å². The van der Waals surface area contributed by atoms with Gasteiger partial charge in [-0.2, -0.15) is 0 Å². The lowest BCUT2D eigenvalue weighted by molar-refractivity contribution is -0.133. The van der Waals surface area contributed by atoms with Crippen molar-refractivity contribution < 1.29 is 9.59 Å². The van der Waals surface area contributed by atoms with Gasteiger partial charge in [-0.1, -0.05) is 30.7 Å². The number of amides is 2. The summed E-state index contributed by atoms with van der Waals surface area (Å²) >= 11 is 1.62. The Kier molecular flexibility index (Phi) is 5.88. The fraction of sp³-hybridized carbons (Fsp3) is 0.444. The molecular weight excluding hydrogens is 308 g/mol. The number of hydrogen-bond acceptors (Lipinski definition) is 3. The Morgan fingerprint density at radius 1 is 1.39 bits per heavy atom. The molecule has 1 atom stereocenters. The van der Waals surface area contributed by atoms with E-state index in [9.17, 15) is 9.59 Å². The number of carbonyl (C=O) groups is 2. The molecule has 0 saturated carbocycles. The molecule has 2 amide bonds. The molecule has 1 fully saturated rings. The first-order valence-electron chi connectivity index (χ1n) is 7.87. The van der Waals surface area contributed by atoms with E-state index in [2.05, 4.69) is 5.32 Å². The van der Waals surface area contributed by atoms with Gasteiger partial charge in [0, 0.05) is 17.0 Å². The summed E-state index contributed by atoms with van der Waals surface area (Å²) in [6.45, 7) is 7.81. The average molecular weight is 332 g/mol. The number of hydrogen-bond donors (Lipinski definition) is 1. The molecule has 5 heteroatoms. The van der Waals surface area contributed by atoms with Gasteiger partial charge in [0.15, 0.2) is 0 Å². The minimum atomic E-state index is -0.409. The second-order valence-corrected chi connectivity index (χ2v) is 6.89. The summed E-state index contributed by atoms with van der Waals surface area (Å²) in [5.74, 6) is 1.05. The van der Waals surface area contributed by atoms with Gasteiger partial charge in [-0.05, 0) is 38.8 Å². The Balaban J connectivity index is 2.11. The first-order chi connectivity index (χ1) is 10.9. The minimum Gasteiger partial charge on any atom is -0.324 e. The van der Waals surface area contributed by atoms with Crippen LogP contribution in [0.5, 0.6) is 0 Å². The van der Waals surface area contributed by atoms with Crippen molar-refractivity contribution in [1.29, 1.82) is 0 Å². The normalized spacial score (nSPS) is 18.2. The van der Waals surface area contributed by atoms with Crippen molar-refractivity contribution in [2.75, 3.05) is 16.9 Å². The van der Waals surface area contributed by atoms with Crippen molar-refractivity contribution in [2.45, 2.75) is 40.2 Å². The molecule has 0 aliphatic carbocycles. The number of thioether (sulfide) groups is 1. The molecule has 2 rings (SSSR count). The van der Waals surface area contributed by atoms with Crippen LogP contribution in [0.25, 0.3) is 0 Å². The molecule has 1 aromatic carbocycles. The van der Waals surface area contributed by atoms with Crippen LogP contribution in [0.3, 0.4) is 0 Å². The molecule has 1 N–H and O–H groups in total. The first kappa shape index (κ1) is 17.6. The molecule has 0 aromatic heterocycles. The smallest absolute Gasteiger partial charge is 0.250 e. The third kappa shape index (κ3) is 4.16. The fourth-order valence-electron chi connectivity index (χ4n) is 2.65. The van der Waals surface area contributed by atoms with Crippen LogP contribution < -0.4 is 5.32 Å². The van der Waals surface area contributed by atoms with Crippen LogP contribution in [0, 0.1) is 13.8 Å². The SMILES string of the molecule is CCC=C(C)C(=O)N1CSCC1C(=O)Nc1ccc(C)cc1C. The number of carbonyl (C=O) groups excluding carboxylic acids is 2. The lowest BCUT2D eigenvalue weighted by Crippen LogP contribution is -2.44. The standard InChI is InChI=1S/C18H24N2O2S/c1-5-6-13(3)18(22)20-11-23-10-16(20)17(21)19-15-8-7-12(2)9-14(15)4/h6-9,16H,5,10-11H2,1-4H3,(H,19,21). The van der Waals surface area contributed by atoms with E-state index in [-0.39, 0.29) is 11.8 Å². The molecule has 1 heterocycles. The predicted octanol–water partition coefficient (Wildman–Crippen LogP) is 3.50. The average Bonchev–Trinajstić information content (AvgIpc) is 2.99. The molecule has 124 valence electrons. The van der Waals surface area contributed by atoms with Gasteiger partial charge in [0.2, 0.25) is 5.91 Å². The second-order valence-electron chi connectivity index (χ2n) is 5.89. The summed E-state index contributed by atoms with van der Waals surface area (Å²) in [7, 11) is 0. The monoisotopic (exact) mass is 332 g/mol. The maximum atomic E-state index is 12.6. The number of allylic oxidation sites excluding steroid dienone is 1. The molecule has 1 saturated heterocycles. The zero-order valence-electron chi connectivity index (χ0n) is 14.2. The van der Waals surface area contributed by atoms with E-state index in [0.717, 1.165) is 23.2 Å². The number of nitrogens with one attached hydrogen (secondary N) is 1. The molecule has 0 bridgehead atoms. The van der Waals surface area contributed by atoms with E-state index in [4.69, 9.17) is 0 Å². The molecule has 1 aliphatic heterocycles. The van der Waals surface area contributed by atoms with Gasteiger partial charge in [-0.25, -0.2) is 0 Å². The molecular formula is C18H24N2O2S. The van der Waals surface area contributed by atoms with Gasteiger partial charge in [0.05, 0.1) is 5.88 Å². The van der Waals surface area contributed by atoms with Gasteiger partial charge in [0.25, 0.3) is 5.91 Å². The van der Waals surface area contributed by atoms with Crippen molar-refractivity contribution in [3.63, 3.8) is 0 Å². The Hall–Kier alpha value is -1.75. The fourth-order valence-corrected chi connectivity index (χ4v) is 3.80. The molecule has 1 unspecified atom stereocenters. The maximum absolute atomic E-state index is 12.6. The summed E-state index contributed by atoms with van der Waals surface area (Å²) < 4.78 is 0. The third-order valence-electron chi connectivity index (χ3n) is 3.93. The van der Waals surface area contributed by atoms with Crippen molar-refractivity contribution in [1.82, 2.24) is 4.90 Å². The third-order valence-corrected chi connectivity index (χ3v) is 4.95. The van der Waals surface area contributed by atoms with Gasteiger partial charge in [0.1, 0.15) is 6.04 Å². The van der Waals surface area contributed by atoms with E-state index in [0.29, 0.717) is 17.2 Å². The zero-order chi connectivity index (χ0) is 17.0. The largest absolute Gasteiger partial charge is 0.324 e. The summed E-state index contributed by atoms with van der Waals surface area (Å²) in [5, 5.41) is 2.97. The first-order valence-corrected chi connectivity index (χ1v) is 9.03. The van der Waals surface area contributed by atoms with Crippen molar-refractivity contribution in [3.8, 4) is 0 Å². The number of anilines is 1. The van der Waals surface area contributed by atoms with Crippen molar-refractivity contribution >= 4 is 29.3 Å². The van der Waals surface area contributed by atoms with Gasteiger partial charge < -0.3 is 10.2 Å². The van der Waals surface area contributed by atoms with Crippen LogP contribution in [0.4, 0.5) is 5.69 Å². The Labute approximate surface area is 142 Å². The topological polar surface area (TPSA) is 49.4 Å². The zero-order valence-corrected chi connectivity index (χ0v) is 15.0. The number of nitrogens with zero attached hydrogens (tertiary/aromatic N) is 1. The molecule has 1 aliphatic rings. The molecule has 0 spiro atoms. The van der Waals surface area contributed by atoms with Crippen LogP contribution in [0.1, 0.15) is 31.4 Å². The highest BCUT2D eigenvalue weighted by Crippen LogP contribution is 2.25. The highest BCUT2D eigenvalue weighted by molar-refractivity contribution is 7.99. The van der Waals surface area contributed by atoms with E-state index in [1.54, 1.807) is 16.7 Å². The van der Waals surface area contributed by atoms with Crippen LogP contribution in [0.15, 0.2) is 29.8 Å². The summed E-state index contributed by atoms with van der Waals surface area (Å²) in [6, 6.07) is 5.52. The van der Waals surface area contributed by atoms with E-state index >= 15 is 0 Å². The number of benzene rings is 1. The minimum absolute atomic E-state index is 0.0439. The van der Waals surface area contributed by atoms with Crippen LogP contribution in [-0.4, -0.2) is 34.4 Å². The quantitative estimate of drug-likeness (QED) is 0.859. The van der Waals surface area contributed by atoms with Gasteiger partial charge in [-0.15, -0.1) is 11.8 Å². The Morgan fingerprint density at radius 2 is 2.13 bits per heavy atom. The highest BCUT2D eigenvalue weighted by Gasteiger charge is 2.35. The number of aryl methyl sites for hydroxylation is 2. The van der Waals surface area contributed by atoms with Crippen molar-refractivity contribution in [3.05, 3.63) is 41.0 Å². The van der Waals surface area contributed by atoms with E-state index in [1.165, 1.54) is 0 Å². The maximum Gasteiger partial charge on any atom is 0.250 e. The lowest BCUT2D eigenvalue weighted by atomic mass is 10.1. The molecule has 23 heavy (non-hydrogen) atoms. The summed E-state index contributed by atoms with van der Waals surface area (Å²) in [6.07, 6.45) is 2.72.